The van der Waals surface area contributed by atoms with Crippen molar-refractivity contribution in [3.63, 3.8) is 0 Å². The van der Waals surface area contributed by atoms with Crippen molar-refractivity contribution in [3.05, 3.63) is 57.6 Å². The standard InChI is InChI=1S/C23H27Cl2NO6/c1-23(2,3)32-22(28)26-18(21(27)30-5)11-14-9-10-19(20(12-14)29-4)31-13-15-16(24)7-6-8-17(15)25/h6-10,12,18H,11,13H2,1-5H3,(H,26,28)/t18-/m0/s1. The van der Waals surface area contributed by atoms with Crippen molar-refractivity contribution in [2.45, 2.75) is 45.4 Å². The summed E-state index contributed by atoms with van der Waals surface area (Å²) < 4.78 is 21.3. The minimum Gasteiger partial charge on any atom is -0.493 e. The molecule has 2 aromatic rings. The third-order valence-corrected chi connectivity index (χ3v) is 4.99. The normalized spacial score (nSPS) is 12.0. The molecule has 0 aliphatic rings. The molecule has 0 spiro atoms. The first-order chi connectivity index (χ1) is 15.0. The summed E-state index contributed by atoms with van der Waals surface area (Å²) in [7, 11) is 2.76. The van der Waals surface area contributed by atoms with E-state index in [9.17, 15) is 9.59 Å². The van der Waals surface area contributed by atoms with Crippen molar-refractivity contribution in [1.82, 2.24) is 5.32 Å². The minimum absolute atomic E-state index is 0.152. The Balaban J connectivity index is 2.15. The zero-order valence-electron chi connectivity index (χ0n) is 18.7. The lowest BCUT2D eigenvalue weighted by atomic mass is 10.1. The molecule has 1 amide bonds. The van der Waals surface area contributed by atoms with E-state index in [1.54, 1.807) is 57.2 Å². The number of halogens is 2. The number of nitrogens with one attached hydrogen (secondary N) is 1. The number of rotatable bonds is 8. The molecule has 0 bridgehead atoms. The molecule has 0 fully saturated rings. The second-order valence-corrected chi connectivity index (χ2v) is 8.71. The van der Waals surface area contributed by atoms with Gasteiger partial charge in [0.1, 0.15) is 18.2 Å². The van der Waals surface area contributed by atoms with Crippen LogP contribution in [0.1, 0.15) is 31.9 Å². The Morgan fingerprint density at radius 3 is 2.25 bits per heavy atom. The fourth-order valence-corrected chi connectivity index (χ4v) is 3.31. The molecule has 0 aliphatic carbocycles. The lowest BCUT2D eigenvalue weighted by molar-refractivity contribution is -0.143. The Hall–Kier alpha value is -2.64. The Bertz CT molecular complexity index is 938. The first kappa shape index (κ1) is 25.6. The zero-order chi connectivity index (χ0) is 23.9. The van der Waals surface area contributed by atoms with Gasteiger partial charge in [-0.15, -0.1) is 0 Å². The molecule has 1 atom stereocenters. The highest BCUT2D eigenvalue weighted by Crippen LogP contribution is 2.31. The number of benzene rings is 2. The molecule has 0 aliphatic heterocycles. The van der Waals surface area contributed by atoms with Crippen LogP contribution in [0.3, 0.4) is 0 Å². The summed E-state index contributed by atoms with van der Waals surface area (Å²) in [5, 5.41) is 3.55. The Labute approximate surface area is 197 Å². The minimum atomic E-state index is -0.937. The molecule has 0 radical (unpaired) electrons. The molecular formula is C23H27Cl2NO6. The van der Waals surface area contributed by atoms with Crippen molar-refractivity contribution < 1.29 is 28.5 Å². The second kappa shape index (κ2) is 11.3. The Kier molecular flexibility index (Phi) is 9.04. The van der Waals surface area contributed by atoms with Gasteiger partial charge in [0, 0.05) is 22.0 Å². The average Bonchev–Trinajstić information content (AvgIpc) is 2.71. The SMILES string of the molecule is COC(=O)[C@H](Cc1ccc(OCc2c(Cl)cccc2Cl)c(OC)c1)NC(=O)OC(C)(C)C. The summed E-state index contributed by atoms with van der Waals surface area (Å²) in [5.41, 5.74) is 0.683. The van der Waals surface area contributed by atoms with E-state index in [1.165, 1.54) is 14.2 Å². The molecule has 0 heterocycles. The van der Waals surface area contributed by atoms with Crippen LogP contribution in [0.4, 0.5) is 4.79 Å². The van der Waals surface area contributed by atoms with Gasteiger partial charge in [0.25, 0.3) is 0 Å². The predicted molar refractivity (Wildman–Crippen MR) is 123 cm³/mol. The molecule has 1 N–H and O–H groups in total. The largest absolute Gasteiger partial charge is 0.493 e. The van der Waals surface area contributed by atoms with Gasteiger partial charge in [-0.2, -0.15) is 0 Å². The van der Waals surface area contributed by atoms with Crippen LogP contribution in [0.5, 0.6) is 11.5 Å². The van der Waals surface area contributed by atoms with Crippen LogP contribution in [0.2, 0.25) is 10.0 Å². The van der Waals surface area contributed by atoms with Crippen LogP contribution in [0.15, 0.2) is 36.4 Å². The predicted octanol–water partition coefficient (Wildman–Crippen LogP) is 5.19. The highest BCUT2D eigenvalue weighted by molar-refractivity contribution is 6.35. The highest BCUT2D eigenvalue weighted by atomic mass is 35.5. The number of hydrogen-bond donors (Lipinski definition) is 1. The van der Waals surface area contributed by atoms with Crippen molar-refractivity contribution in [1.29, 1.82) is 0 Å². The maximum absolute atomic E-state index is 12.2. The van der Waals surface area contributed by atoms with Gasteiger partial charge in [-0.1, -0.05) is 35.3 Å². The summed E-state index contributed by atoms with van der Waals surface area (Å²) >= 11 is 12.4. The van der Waals surface area contributed by atoms with Gasteiger partial charge in [0.2, 0.25) is 0 Å². The fourth-order valence-electron chi connectivity index (χ4n) is 2.80. The van der Waals surface area contributed by atoms with E-state index in [4.69, 9.17) is 42.1 Å². The lowest BCUT2D eigenvalue weighted by Gasteiger charge is -2.23. The first-order valence-corrected chi connectivity index (χ1v) is 10.6. The smallest absolute Gasteiger partial charge is 0.408 e. The van der Waals surface area contributed by atoms with Gasteiger partial charge < -0.3 is 24.3 Å². The lowest BCUT2D eigenvalue weighted by Crippen LogP contribution is -2.45. The maximum Gasteiger partial charge on any atom is 0.408 e. The second-order valence-electron chi connectivity index (χ2n) is 7.90. The monoisotopic (exact) mass is 483 g/mol. The quantitative estimate of drug-likeness (QED) is 0.520. The van der Waals surface area contributed by atoms with Gasteiger partial charge >= 0.3 is 12.1 Å². The average molecular weight is 484 g/mol. The highest BCUT2D eigenvalue weighted by Gasteiger charge is 2.25. The number of amides is 1. The van der Waals surface area contributed by atoms with E-state index >= 15 is 0 Å². The van der Waals surface area contributed by atoms with E-state index in [1.807, 2.05) is 0 Å². The van der Waals surface area contributed by atoms with E-state index in [2.05, 4.69) is 5.32 Å². The molecule has 2 rings (SSSR count). The molecule has 174 valence electrons. The van der Waals surface area contributed by atoms with Crippen molar-refractivity contribution >= 4 is 35.3 Å². The number of methoxy groups -OCH3 is 2. The van der Waals surface area contributed by atoms with E-state index in [0.717, 1.165) is 5.56 Å². The van der Waals surface area contributed by atoms with Gasteiger partial charge in [-0.3, -0.25) is 0 Å². The van der Waals surface area contributed by atoms with E-state index < -0.39 is 23.7 Å². The third kappa shape index (κ3) is 7.50. The van der Waals surface area contributed by atoms with Crippen LogP contribution in [-0.2, 0) is 27.3 Å². The Morgan fingerprint density at radius 2 is 1.69 bits per heavy atom. The summed E-state index contributed by atoms with van der Waals surface area (Å²) in [5.74, 6) is 0.331. The topological polar surface area (TPSA) is 83.1 Å². The fraction of sp³-hybridized carbons (Fsp3) is 0.391. The number of hydrogen-bond acceptors (Lipinski definition) is 6. The molecule has 9 heteroatoms. The maximum atomic E-state index is 12.2. The number of carbonyl (C=O) groups excluding carboxylic acids is 2. The number of carbonyl (C=O) groups is 2. The molecule has 2 aromatic carbocycles. The van der Waals surface area contributed by atoms with Crippen molar-refractivity contribution in [2.24, 2.45) is 0 Å². The molecule has 32 heavy (non-hydrogen) atoms. The van der Waals surface area contributed by atoms with Crippen LogP contribution in [0.25, 0.3) is 0 Å². The molecular weight excluding hydrogens is 457 g/mol. The number of alkyl carbamates (subject to hydrolysis) is 1. The van der Waals surface area contributed by atoms with Gasteiger partial charge in [-0.05, 0) is 50.6 Å². The molecule has 0 unspecified atom stereocenters. The first-order valence-electron chi connectivity index (χ1n) is 9.84. The van der Waals surface area contributed by atoms with E-state index in [-0.39, 0.29) is 13.0 Å². The molecule has 0 saturated heterocycles. The zero-order valence-corrected chi connectivity index (χ0v) is 20.2. The van der Waals surface area contributed by atoms with Gasteiger partial charge in [0.05, 0.1) is 14.2 Å². The summed E-state index contributed by atoms with van der Waals surface area (Å²) in [4.78, 5) is 24.3. The van der Waals surface area contributed by atoms with Crippen molar-refractivity contribution in [2.75, 3.05) is 14.2 Å². The summed E-state index contributed by atoms with van der Waals surface area (Å²) in [6.07, 6.45) is -0.546. The number of ether oxygens (including phenoxy) is 4. The van der Waals surface area contributed by atoms with Crippen LogP contribution >= 0.6 is 23.2 Å². The van der Waals surface area contributed by atoms with Crippen LogP contribution in [0, 0.1) is 0 Å². The molecule has 0 aromatic heterocycles. The van der Waals surface area contributed by atoms with Crippen LogP contribution in [-0.4, -0.2) is 37.9 Å². The van der Waals surface area contributed by atoms with Crippen LogP contribution < -0.4 is 14.8 Å². The molecule has 7 nitrogen and oxygen atoms in total. The summed E-state index contributed by atoms with van der Waals surface area (Å²) in [6, 6.07) is 9.48. The number of esters is 1. The molecule has 0 saturated carbocycles. The van der Waals surface area contributed by atoms with E-state index in [0.29, 0.717) is 27.1 Å². The van der Waals surface area contributed by atoms with Crippen molar-refractivity contribution in [3.8, 4) is 11.5 Å². The van der Waals surface area contributed by atoms with Gasteiger partial charge in [-0.25, -0.2) is 9.59 Å². The van der Waals surface area contributed by atoms with Gasteiger partial charge in [0.15, 0.2) is 11.5 Å². The summed E-state index contributed by atoms with van der Waals surface area (Å²) in [6.45, 7) is 5.36. The Morgan fingerprint density at radius 1 is 1.03 bits per heavy atom. The third-order valence-electron chi connectivity index (χ3n) is 4.28.